The number of esters is 1. The lowest BCUT2D eigenvalue weighted by Gasteiger charge is -2.24. The zero-order chi connectivity index (χ0) is 30.5. The summed E-state index contributed by atoms with van der Waals surface area (Å²) in [6, 6.07) is 17.8. The number of hydrogen-bond donors (Lipinski definition) is 4. The molecule has 0 aliphatic heterocycles. The van der Waals surface area contributed by atoms with E-state index in [-0.39, 0.29) is 25.4 Å². The lowest BCUT2D eigenvalue weighted by atomic mass is 10.1. The van der Waals surface area contributed by atoms with Gasteiger partial charge in [0.1, 0.15) is 24.6 Å². The number of carbonyl (C=O) groups is 2. The van der Waals surface area contributed by atoms with Gasteiger partial charge in [0.05, 0.1) is 10.8 Å². The molecule has 1 heterocycles. The van der Waals surface area contributed by atoms with Crippen LogP contribution in [0.4, 0.5) is 4.79 Å². The Labute approximate surface area is 246 Å². The van der Waals surface area contributed by atoms with Gasteiger partial charge >= 0.3 is 12.1 Å². The molecule has 15 heteroatoms. The third-order valence-electron chi connectivity index (χ3n) is 6.01. The van der Waals surface area contributed by atoms with Crippen molar-refractivity contribution >= 4 is 34.2 Å². The van der Waals surface area contributed by atoms with Crippen molar-refractivity contribution in [3.8, 4) is 5.75 Å². The Hall–Kier alpha value is -3.38. The maximum Gasteiger partial charge on any atom is 0.412 e. The van der Waals surface area contributed by atoms with Gasteiger partial charge < -0.3 is 19.1 Å². The summed E-state index contributed by atoms with van der Waals surface area (Å²) in [6.45, 7) is 1.26. The number of carbonyl (C=O) groups excluding carboxylic acids is 2. The standard InChI is InChI=1S/C27H35N3O11S/c1-19(38-26(31)14-6-10-21(41-30(35)36)18-37-29(33)34)39-27(32)28(2)16-15-24(25-13-7-17-42-25)40-23-12-5-9-20-8-3-4-11-22(20)23/h3-5,7-9,11-13,17,19,21,24,33-36H,6,10,14-16,18H2,1-2H3/t19?,21-,24-/m0/s1. The van der Waals surface area contributed by atoms with Crippen molar-refractivity contribution in [3.63, 3.8) is 0 Å². The molecule has 1 aromatic heterocycles. The van der Waals surface area contributed by atoms with Crippen LogP contribution in [0.25, 0.3) is 10.8 Å². The van der Waals surface area contributed by atoms with E-state index in [2.05, 4.69) is 9.68 Å². The Morgan fingerprint density at radius 2 is 1.69 bits per heavy atom. The van der Waals surface area contributed by atoms with Crippen molar-refractivity contribution < 1.29 is 54.3 Å². The predicted molar refractivity (Wildman–Crippen MR) is 146 cm³/mol. The number of nitrogens with zero attached hydrogens (tertiary/aromatic N) is 3. The lowest BCUT2D eigenvalue weighted by molar-refractivity contribution is -0.527. The lowest BCUT2D eigenvalue weighted by Crippen LogP contribution is -2.33. The van der Waals surface area contributed by atoms with Crippen LogP contribution in [0.5, 0.6) is 5.75 Å². The van der Waals surface area contributed by atoms with Gasteiger partial charge in [-0.2, -0.15) is 0 Å². The minimum absolute atomic E-state index is 0.0592. The number of benzene rings is 2. The minimum Gasteiger partial charge on any atom is -0.484 e. The molecule has 0 saturated carbocycles. The van der Waals surface area contributed by atoms with Crippen LogP contribution >= 0.6 is 11.3 Å². The molecular formula is C27H35N3O11S. The third kappa shape index (κ3) is 11.1. The quantitative estimate of drug-likeness (QED) is 0.0923. The molecule has 3 aromatic rings. The van der Waals surface area contributed by atoms with Crippen molar-refractivity contribution in [2.75, 3.05) is 20.2 Å². The Morgan fingerprint density at radius 3 is 2.40 bits per heavy atom. The number of ether oxygens (including phenoxy) is 3. The summed E-state index contributed by atoms with van der Waals surface area (Å²) < 4.78 is 16.8. The van der Waals surface area contributed by atoms with Crippen LogP contribution in [-0.2, 0) is 23.9 Å². The normalized spacial score (nSPS) is 13.6. The summed E-state index contributed by atoms with van der Waals surface area (Å²) in [5.41, 5.74) is 0. The highest BCUT2D eigenvalue weighted by Crippen LogP contribution is 2.33. The second-order valence-corrected chi connectivity index (χ2v) is 10.2. The Kier molecular flexibility index (Phi) is 13.3. The Morgan fingerprint density at radius 1 is 0.929 bits per heavy atom. The predicted octanol–water partition coefficient (Wildman–Crippen LogP) is 4.93. The maximum atomic E-state index is 12.6. The van der Waals surface area contributed by atoms with Gasteiger partial charge in [0, 0.05) is 43.6 Å². The molecule has 230 valence electrons. The van der Waals surface area contributed by atoms with Crippen molar-refractivity contribution in [1.82, 2.24) is 15.7 Å². The fourth-order valence-electron chi connectivity index (χ4n) is 4.01. The number of amides is 1. The van der Waals surface area contributed by atoms with Gasteiger partial charge in [0.15, 0.2) is 0 Å². The first-order chi connectivity index (χ1) is 20.1. The summed E-state index contributed by atoms with van der Waals surface area (Å²) in [6.07, 6.45) is -2.60. The molecular weight excluding hydrogens is 574 g/mol. The summed E-state index contributed by atoms with van der Waals surface area (Å²) in [4.78, 5) is 36.2. The SMILES string of the molecule is CC(OC(=O)CCC[C@@H](CON(O)O)ON(O)O)OC(=O)N(C)CC[C@H](Oc1cccc2ccccc12)c1cccs1. The second kappa shape index (κ2) is 16.9. The molecule has 0 spiro atoms. The van der Waals surface area contributed by atoms with E-state index in [1.165, 1.54) is 11.8 Å². The first kappa shape index (κ1) is 33.1. The summed E-state index contributed by atoms with van der Waals surface area (Å²) >= 11 is 1.56. The van der Waals surface area contributed by atoms with Crippen molar-refractivity contribution in [1.29, 1.82) is 0 Å². The molecule has 0 radical (unpaired) electrons. The van der Waals surface area contributed by atoms with Crippen LogP contribution in [0.15, 0.2) is 60.0 Å². The van der Waals surface area contributed by atoms with Gasteiger partial charge in [-0.3, -0.25) is 25.6 Å². The smallest absolute Gasteiger partial charge is 0.412 e. The highest BCUT2D eigenvalue weighted by Gasteiger charge is 2.22. The van der Waals surface area contributed by atoms with E-state index in [1.807, 2.05) is 60.0 Å². The van der Waals surface area contributed by atoms with E-state index in [0.29, 0.717) is 13.0 Å². The first-order valence-corrected chi connectivity index (χ1v) is 13.9. The zero-order valence-electron chi connectivity index (χ0n) is 23.1. The summed E-state index contributed by atoms with van der Waals surface area (Å²) in [7, 11) is 1.58. The molecule has 0 bridgehead atoms. The molecule has 1 amide bonds. The van der Waals surface area contributed by atoms with Gasteiger partial charge in [0.25, 0.3) is 0 Å². The molecule has 4 N–H and O–H groups in total. The number of fused-ring (bicyclic) bond motifs is 1. The molecule has 2 aromatic carbocycles. The maximum absolute atomic E-state index is 12.6. The average molecular weight is 610 g/mol. The highest BCUT2D eigenvalue weighted by molar-refractivity contribution is 7.10. The monoisotopic (exact) mass is 609 g/mol. The van der Waals surface area contributed by atoms with Gasteiger partial charge in [0.2, 0.25) is 6.29 Å². The van der Waals surface area contributed by atoms with Crippen LogP contribution in [0.3, 0.4) is 0 Å². The molecule has 0 fully saturated rings. The van der Waals surface area contributed by atoms with Gasteiger partial charge in [-0.15, -0.1) is 11.3 Å². The minimum atomic E-state index is -1.16. The molecule has 0 aliphatic carbocycles. The van der Waals surface area contributed by atoms with E-state index in [9.17, 15) is 9.59 Å². The summed E-state index contributed by atoms with van der Waals surface area (Å²) in [5, 5.41) is 37.7. The van der Waals surface area contributed by atoms with Gasteiger partial charge in [-0.05, 0) is 35.7 Å². The first-order valence-electron chi connectivity index (χ1n) is 13.1. The van der Waals surface area contributed by atoms with E-state index >= 15 is 0 Å². The van der Waals surface area contributed by atoms with Crippen LogP contribution in [0.1, 0.15) is 43.6 Å². The average Bonchev–Trinajstić information content (AvgIpc) is 3.48. The summed E-state index contributed by atoms with van der Waals surface area (Å²) in [5.74, 6) is 0.0751. The zero-order valence-corrected chi connectivity index (χ0v) is 24.0. The number of hydrogen-bond acceptors (Lipinski definition) is 14. The highest BCUT2D eigenvalue weighted by atomic mass is 32.1. The molecule has 3 atom stereocenters. The van der Waals surface area contributed by atoms with E-state index in [0.717, 1.165) is 21.4 Å². The van der Waals surface area contributed by atoms with Crippen LogP contribution in [0.2, 0.25) is 0 Å². The fraction of sp³-hybridized carbons (Fsp3) is 0.407. The van der Waals surface area contributed by atoms with Crippen molar-refractivity contribution in [3.05, 3.63) is 64.9 Å². The largest absolute Gasteiger partial charge is 0.484 e. The van der Waals surface area contributed by atoms with Gasteiger partial charge in [-0.25, -0.2) is 14.5 Å². The van der Waals surface area contributed by atoms with E-state index in [1.54, 1.807) is 18.4 Å². The van der Waals surface area contributed by atoms with Crippen molar-refractivity contribution in [2.45, 2.75) is 51.1 Å². The number of rotatable bonds is 17. The van der Waals surface area contributed by atoms with Gasteiger partial charge in [-0.1, -0.05) is 42.5 Å². The second-order valence-electron chi connectivity index (χ2n) is 9.17. The molecule has 0 aliphatic rings. The van der Waals surface area contributed by atoms with E-state index < -0.39 is 41.8 Å². The Bertz CT molecular complexity index is 1240. The van der Waals surface area contributed by atoms with Crippen LogP contribution in [0, 0.1) is 0 Å². The fourth-order valence-corrected chi connectivity index (χ4v) is 4.80. The number of thiophene rings is 1. The molecule has 0 saturated heterocycles. The molecule has 42 heavy (non-hydrogen) atoms. The topological polar surface area (TPSA) is 171 Å². The Balaban J connectivity index is 1.46. The molecule has 14 nitrogen and oxygen atoms in total. The van der Waals surface area contributed by atoms with Crippen LogP contribution in [-0.4, -0.2) is 81.2 Å². The molecule has 1 unspecified atom stereocenters. The van der Waals surface area contributed by atoms with E-state index in [4.69, 9.17) is 35.0 Å². The van der Waals surface area contributed by atoms with Crippen LogP contribution < -0.4 is 4.74 Å². The molecule has 3 rings (SSSR count). The third-order valence-corrected chi connectivity index (χ3v) is 6.97. The van der Waals surface area contributed by atoms with Crippen molar-refractivity contribution in [2.24, 2.45) is 0 Å².